The zero-order valence-electron chi connectivity index (χ0n) is 14.2. The lowest BCUT2D eigenvalue weighted by molar-refractivity contribution is 0.665. The summed E-state index contributed by atoms with van der Waals surface area (Å²) in [6, 6.07) is 10.2. The highest BCUT2D eigenvalue weighted by Crippen LogP contribution is 2.09. The van der Waals surface area contributed by atoms with Crippen molar-refractivity contribution in [3.05, 3.63) is 60.3 Å². The summed E-state index contributed by atoms with van der Waals surface area (Å²) in [4.78, 5) is 9.26. The molecule has 0 atom stereocenters. The second-order valence-electron chi connectivity index (χ2n) is 5.67. The predicted molar refractivity (Wildman–Crippen MR) is 97.2 cm³/mol. The molecule has 0 aromatic carbocycles. The average Bonchev–Trinajstić information content (AvgIpc) is 3.22. The van der Waals surface area contributed by atoms with Crippen LogP contribution in [0.4, 0.5) is 0 Å². The highest BCUT2D eigenvalue weighted by Gasteiger charge is 2.03. The van der Waals surface area contributed by atoms with Gasteiger partial charge in [0.05, 0.1) is 12.2 Å². The van der Waals surface area contributed by atoms with Crippen LogP contribution in [0.5, 0.6) is 0 Å². The molecule has 0 spiro atoms. The van der Waals surface area contributed by atoms with Gasteiger partial charge in [0, 0.05) is 43.9 Å². The van der Waals surface area contributed by atoms with E-state index in [1.54, 1.807) is 0 Å². The van der Waals surface area contributed by atoms with Crippen LogP contribution in [0.2, 0.25) is 0 Å². The van der Waals surface area contributed by atoms with E-state index in [-0.39, 0.29) is 0 Å². The summed E-state index contributed by atoms with van der Waals surface area (Å²) in [6.45, 7) is 7.27. The number of aromatic nitrogens is 3. The molecule has 6 nitrogen and oxygen atoms in total. The predicted octanol–water partition coefficient (Wildman–Crippen LogP) is 2.20. The van der Waals surface area contributed by atoms with E-state index in [9.17, 15) is 0 Å². The zero-order valence-corrected chi connectivity index (χ0v) is 14.2. The number of rotatable bonds is 6. The second kappa shape index (κ2) is 7.68. The van der Waals surface area contributed by atoms with Gasteiger partial charge < -0.3 is 19.6 Å². The van der Waals surface area contributed by atoms with E-state index < -0.39 is 0 Å². The molecule has 0 aliphatic carbocycles. The van der Waals surface area contributed by atoms with Crippen molar-refractivity contribution in [2.24, 2.45) is 4.99 Å². The lowest BCUT2D eigenvalue weighted by atomic mass is 10.4. The second-order valence-corrected chi connectivity index (χ2v) is 5.67. The van der Waals surface area contributed by atoms with E-state index in [1.807, 2.05) is 24.3 Å². The summed E-state index contributed by atoms with van der Waals surface area (Å²) in [6.07, 6.45) is 6.17. The normalized spacial score (nSPS) is 11.8. The fraction of sp³-hybridized carbons (Fsp3) is 0.333. The van der Waals surface area contributed by atoms with Crippen LogP contribution in [-0.4, -0.2) is 33.0 Å². The van der Waals surface area contributed by atoms with Gasteiger partial charge in [0.15, 0.2) is 5.96 Å². The van der Waals surface area contributed by atoms with E-state index >= 15 is 0 Å². The lowest BCUT2D eigenvalue weighted by Crippen LogP contribution is -2.38. The Labute approximate surface area is 142 Å². The van der Waals surface area contributed by atoms with Crippen LogP contribution in [0.15, 0.2) is 53.9 Å². The molecule has 0 saturated heterocycles. The van der Waals surface area contributed by atoms with Gasteiger partial charge in [-0.15, -0.1) is 0 Å². The molecule has 2 N–H and O–H groups in total. The standard InChI is InChI=1S/C18H24N6/c1-3-19-18(20-9-12-23-10-4-5-11-23)21-13-16-14-24-15(2)7-6-8-17(24)22-16/h4-8,10-11,14H,3,9,12-13H2,1-2H3,(H2,19,20,21). The summed E-state index contributed by atoms with van der Waals surface area (Å²) < 4.78 is 4.23. The van der Waals surface area contributed by atoms with Crippen molar-refractivity contribution in [2.45, 2.75) is 26.9 Å². The van der Waals surface area contributed by atoms with Crippen molar-refractivity contribution in [3.63, 3.8) is 0 Å². The number of imidazole rings is 1. The number of guanidine groups is 1. The summed E-state index contributed by atoms with van der Waals surface area (Å²) in [5, 5.41) is 6.63. The quantitative estimate of drug-likeness (QED) is 0.540. The number of aryl methyl sites for hydroxylation is 1. The molecule has 0 aliphatic heterocycles. The first-order valence-electron chi connectivity index (χ1n) is 8.33. The molecule has 3 aromatic rings. The number of pyridine rings is 1. The summed E-state index contributed by atoms with van der Waals surface area (Å²) in [7, 11) is 0. The van der Waals surface area contributed by atoms with E-state index in [4.69, 9.17) is 0 Å². The summed E-state index contributed by atoms with van der Waals surface area (Å²) in [5.41, 5.74) is 3.10. The Bertz CT molecular complexity index is 800. The van der Waals surface area contributed by atoms with E-state index in [0.717, 1.165) is 36.9 Å². The van der Waals surface area contributed by atoms with Gasteiger partial charge in [-0.25, -0.2) is 9.98 Å². The molecule has 0 fully saturated rings. The number of hydrogen-bond acceptors (Lipinski definition) is 2. The van der Waals surface area contributed by atoms with Crippen LogP contribution in [0.3, 0.4) is 0 Å². The van der Waals surface area contributed by atoms with E-state index in [1.165, 1.54) is 5.69 Å². The fourth-order valence-corrected chi connectivity index (χ4v) is 2.60. The molecule has 3 heterocycles. The molecule has 126 valence electrons. The minimum atomic E-state index is 0.556. The molecular formula is C18H24N6. The van der Waals surface area contributed by atoms with Crippen LogP contribution in [0.1, 0.15) is 18.3 Å². The third-order valence-electron chi connectivity index (χ3n) is 3.82. The first-order valence-corrected chi connectivity index (χ1v) is 8.33. The molecule has 0 unspecified atom stereocenters. The number of nitrogens with one attached hydrogen (secondary N) is 2. The molecule has 3 aromatic heterocycles. The molecule has 6 heteroatoms. The van der Waals surface area contributed by atoms with Gasteiger partial charge >= 0.3 is 0 Å². The van der Waals surface area contributed by atoms with Crippen molar-refractivity contribution < 1.29 is 0 Å². The first-order chi connectivity index (χ1) is 11.8. The van der Waals surface area contributed by atoms with Crippen molar-refractivity contribution in [1.82, 2.24) is 24.6 Å². The summed E-state index contributed by atoms with van der Waals surface area (Å²) >= 11 is 0. The van der Waals surface area contributed by atoms with Crippen molar-refractivity contribution in [1.29, 1.82) is 0 Å². The molecular weight excluding hydrogens is 300 g/mol. The first kappa shape index (κ1) is 16.1. The summed E-state index contributed by atoms with van der Waals surface area (Å²) in [5.74, 6) is 0.818. The maximum Gasteiger partial charge on any atom is 0.191 e. The highest BCUT2D eigenvalue weighted by atomic mass is 15.2. The smallest absolute Gasteiger partial charge is 0.191 e. The SMILES string of the molecule is CCNC(=NCc1cn2c(C)cccc2n1)NCCn1cccc1. The molecule has 24 heavy (non-hydrogen) atoms. The number of fused-ring (bicyclic) bond motifs is 1. The molecule has 0 saturated carbocycles. The molecule has 0 radical (unpaired) electrons. The number of hydrogen-bond donors (Lipinski definition) is 2. The molecule has 0 bridgehead atoms. The molecule has 0 aliphatic rings. The third kappa shape index (κ3) is 3.95. The number of nitrogens with zero attached hydrogens (tertiary/aromatic N) is 4. The zero-order chi connectivity index (χ0) is 16.8. The van der Waals surface area contributed by atoms with Crippen molar-refractivity contribution in [2.75, 3.05) is 13.1 Å². The van der Waals surface area contributed by atoms with Gasteiger partial charge in [0.25, 0.3) is 0 Å². The van der Waals surface area contributed by atoms with Gasteiger partial charge in [-0.3, -0.25) is 0 Å². The minimum Gasteiger partial charge on any atom is -0.357 e. The monoisotopic (exact) mass is 324 g/mol. The lowest BCUT2D eigenvalue weighted by Gasteiger charge is -2.11. The topological polar surface area (TPSA) is 58.6 Å². The van der Waals surface area contributed by atoms with E-state index in [0.29, 0.717) is 6.54 Å². The van der Waals surface area contributed by atoms with Gasteiger partial charge in [0.1, 0.15) is 5.65 Å². The Morgan fingerprint density at radius 2 is 2.00 bits per heavy atom. The van der Waals surface area contributed by atoms with Crippen molar-refractivity contribution >= 4 is 11.6 Å². The maximum atomic E-state index is 4.64. The van der Waals surface area contributed by atoms with Crippen LogP contribution < -0.4 is 10.6 Å². The van der Waals surface area contributed by atoms with Crippen LogP contribution >= 0.6 is 0 Å². The Morgan fingerprint density at radius 1 is 1.17 bits per heavy atom. The van der Waals surface area contributed by atoms with E-state index in [2.05, 4.69) is 68.1 Å². The van der Waals surface area contributed by atoms with Gasteiger partial charge in [0.2, 0.25) is 0 Å². The number of aliphatic imine (C=N–C) groups is 1. The Balaban J connectivity index is 1.62. The Morgan fingerprint density at radius 3 is 2.75 bits per heavy atom. The Kier molecular flexibility index (Phi) is 5.15. The maximum absolute atomic E-state index is 4.64. The molecule has 3 rings (SSSR count). The third-order valence-corrected chi connectivity index (χ3v) is 3.82. The highest BCUT2D eigenvalue weighted by molar-refractivity contribution is 5.79. The van der Waals surface area contributed by atoms with Crippen LogP contribution in [0, 0.1) is 6.92 Å². The van der Waals surface area contributed by atoms with Gasteiger partial charge in [-0.1, -0.05) is 6.07 Å². The fourth-order valence-electron chi connectivity index (χ4n) is 2.60. The van der Waals surface area contributed by atoms with Gasteiger partial charge in [-0.05, 0) is 38.1 Å². The van der Waals surface area contributed by atoms with Crippen LogP contribution in [0.25, 0.3) is 5.65 Å². The average molecular weight is 324 g/mol. The minimum absolute atomic E-state index is 0.556. The largest absolute Gasteiger partial charge is 0.357 e. The van der Waals surface area contributed by atoms with Gasteiger partial charge in [-0.2, -0.15) is 0 Å². The Hall–Kier alpha value is -2.76. The molecule has 0 amide bonds. The van der Waals surface area contributed by atoms with Crippen molar-refractivity contribution in [3.8, 4) is 0 Å². The van der Waals surface area contributed by atoms with Crippen LogP contribution in [-0.2, 0) is 13.1 Å².